The van der Waals surface area contributed by atoms with Crippen LogP contribution >= 0.6 is 22.9 Å². The number of thiophene rings is 1. The van der Waals surface area contributed by atoms with E-state index in [-0.39, 0.29) is 11.2 Å². The Morgan fingerprint density at radius 1 is 1.12 bits per heavy atom. The summed E-state index contributed by atoms with van der Waals surface area (Å²) < 4.78 is 12.5. The van der Waals surface area contributed by atoms with E-state index in [0.717, 1.165) is 44.2 Å². The molecule has 1 aromatic carbocycles. The highest BCUT2D eigenvalue weighted by Gasteiger charge is 2.23. The van der Waals surface area contributed by atoms with Gasteiger partial charge in [0.25, 0.3) is 5.91 Å². The molecule has 2 aliphatic rings. The first-order chi connectivity index (χ1) is 16.2. The van der Waals surface area contributed by atoms with Crippen LogP contribution in [0.3, 0.4) is 0 Å². The van der Waals surface area contributed by atoms with Crippen molar-refractivity contribution in [2.24, 2.45) is 0 Å². The van der Waals surface area contributed by atoms with Crippen molar-refractivity contribution >= 4 is 61.1 Å². The summed E-state index contributed by atoms with van der Waals surface area (Å²) >= 11 is 7.54. The number of hydrogen-bond acceptors (Lipinski definition) is 8. The van der Waals surface area contributed by atoms with Crippen LogP contribution in [0.1, 0.15) is 21.7 Å². The van der Waals surface area contributed by atoms with Crippen molar-refractivity contribution in [3.8, 4) is 11.8 Å². The van der Waals surface area contributed by atoms with Crippen molar-refractivity contribution in [2.75, 3.05) is 31.6 Å². The largest absolute Gasteiger partial charge is 0.420 e. The predicted molar refractivity (Wildman–Crippen MR) is 128 cm³/mol. The summed E-state index contributed by atoms with van der Waals surface area (Å²) in [7, 11) is 0. The van der Waals surface area contributed by atoms with Gasteiger partial charge < -0.3 is 20.1 Å². The van der Waals surface area contributed by atoms with Gasteiger partial charge in [-0.1, -0.05) is 6.08 Å². The van der Waals surface area contributed by atoms with E-state index in [1.807, 2.05) is 24.3 Å². The Labute approximate surface area is 197 Å². The molecule has 33 heavy (non-hydrogen) atoms. The van der Waals surface area contributed by atoms with Gasteiger partial charge in [0.1, 0.15) is 4.88 Å². The van der Waals surface area contributed by atoms with Crippen molar-refractivity contribution < 1.29 is 14.3 Å². The lowest BCUT2D eigenvalue weighted by Crippen LogP contribution is -2.24. The summed E-state index contributed by atoms with van der Waals surface area (Å²) in [5.41, 5.74) is 3.46. The van der Waals surface area contributed by atoms with Crippen LogP contribution < -0.4 is 15.4 Å². The zero-order chi connectivity index (χ0) is 22.4. The van der Waals surface area contributed by atoms with E-state index in [1.54, 1.807) is 12.3 Å². The number of anilines is 1. The summed E-state index contributed by atoms with van der Waals surface area (Å²) in [4.78, 5) is 26.3. The van der Waals surface area contributed by atoms with E-state index < -0.39 is 0 Å². The molecule has 0 saturated heterocycles. The Balaban J connectivity index is 1.42. The van der Waals surface area contributed by atoms with Crippen molar-refractivity contribution in [3.63, 3.8) is 0 Å². The maximum atomic E-state index is 12.4. The molecule has 5 heterocycles. The molecule has 0 fully saturated rings. The van der Waals surface area contributed by atoms with Crippen LogP contribution in [0.4, 0.5) is 5.69 Å². The van der Waals surface area contributed by atoms with Crippen molar-refractivity contribution in [2.45, 2.75) is 6.42 Å². The minimum absolute atomic E-state index is 0.0483. The summed E-state index contributed by atoms with van der Waals surface area (Å²) in [6.07, 6.45) is 4.41. The van der Waals surface area contributed by atoms with Crippen LogP contribution in [-0.4, -0.2) is 47.2 Å². The van der Waals surface area contributed by atoms with Gasteiger partial charge in [-0.15, -0.1) is 11.3 Å². The highest BCUT2D eigenvalue weighted by atomic mass is 35.5. The third-order valence-electron chi connectivity index (χ3n) is 5.65. The maximum Gasteiger partial charge on any atom is 0.263 e. The lowest BCUT2D eigenvalue weighted by molar-refractivity contribution is 0.0962. The lowest BCUT2D eigenvalue weighted by Gasteiger charge is -2.16. The number of halogens is 1. The van der Waals surface area contributed by atoms with Gasteiger partial charge in [-0.3, -0.25) is 4.79 Å². The molecule has 0 aliphatic carbocycles. The van der Waals surface area contributed by atoms with Gasteiger partial charge in [-0.05, 0) is 41.8 Å². The molecule has 10 heteroatoms. The molecule has 0 saturated carbocycles. The van der Waals surface area contributed by atoms with Crippen LogP contribution in [-0.2, 0) is 4.74 Å². The summed E-state index contributed by atoms with van der Waals surface area (Å²) in [5, 5.41) is 8.38. The molecule has 8 nitrogen and oxygen atoms in total. The Kier molecular flexibility index (Phi) is 5.09. The number of pyridine rings is 1. The second-order valence-electron chi connectivity index (χ2n) is 7.66. The minimum atomic E-state index is -0.0483. The number of aromatic nitrogens is 3. The molecule has 0 atom stereocenters. The second-order valence-corrected chi connectivity index (χ2v) is 9.05. The van der Waals surface area contributed by atoms with Crippen molar-refractivity contribution in [3.05, 3.63) is 52.3 Å². The predicted octanol–water partition coefficient (Wildman–Crippen LogP) is 4.64. The summed E-state index contributed by atoms with van der Waals surface area (Å²) in [6, 6.07) is 7.70. The fourth-order valence-corrected chi connectivity index (χ4v) is 5.36. The average molecular weight is 480 g/mol. The minimum Gasteiger partial charge on any atom is -0.420 e. The molecule has 4 aromatic rings. The molecular formula is C23H18ClN5O3S. The molecule has 2 N–H and O–H groups in total. The number of fused-ring (bicyclic) bond motifs is 5. The SMILES string of the molecule is O=C1NCCNc2c1sc1ccc3nc(Oc4nc(Cl)ncc4C4=CCOCC4)ccc3c21. The molecule has 0 bridgehead atoms. The summed E-state index contributed by atoms with van der Waals surface area (Å²) in [5.74, 6) is 0.712. The first kappa shape index (κ1) is 20.3. The van der Waals surface area contributed by atoms with E-state index >= 15 is 0 Å². The molecule has 3 aromatic heterocycles. The second kappa shape index (κ2) is 8.26. The topological polar surface area (TPSA) is 98.3 Å². The number of carbonyl (C=O) groups is 1. The summed E-state index contributed by atoms with van der Waals surface area (Å²) in [6.45, 7) is 2.44. The number of carbonyl (C=O) groups excluding carboxylic acids is 1. The van der Waals surface area contributed by atoms with Crippen LogP contribution in [0.2, 0.25) is 5.28 Å². The molecule has 0 unspecified atom stereocenters. The quantitative estimate of drug-likeness (QED) is 0.413. The van der Waals surface area contributed by atoms with Gasteiger partial charge in [0.05, 0.1) is 30.0 Å². The van der Waals surface area contributed by atoms with Crippen LogP contribution in [0, 0.1) is 0 Å². The van der Waals surface area contributed by atoms with E-state index in [2.05, 4.69) is 20.6 Å². The van der Waals surface area contributed by atoms with Gasteiger partial charge in [0.15, 0.2) is 0 Å². The normalized spacial score (nSPS) is 16.0. The van der Waals surface area contributed by atoms with Crippen molar-refractivity contribution in [1.82, 2.24) is 20.3 Å². The third-order valence-corrected chi connectivity index (χ3v) is 6.99. The average Bonchev–Trinajstić information content (AvgIpc) is 3.12. The first-order valence-electron chi connectivity index (χ1n) is 10.5. The molecular weight excluding hydrogens is 462 g/mol. The number of amides is 1. The number of nitrogens with zero attached hydrogens (tertiary/aromatic N) is 3. The monoisotopic (exact) mass is 479 g/mol. The van der Waals surface area contributed by atoms with Crippen LogP contribution in [0.5, 0.6) is 11.8 Å². The number of ether oxygens (including phenoxy) is 2. The Hall–Kier alpha value is -3.27. The van der Waals surface area contributed by atoms with Gasteiger partial charge in [0, 0.05) is 40.8 Å². The zero-order valence-electron chi connectivity index (χ0n) is 17.4. The van der Waals surface area contributed by atoms with E-state index in [1.165, 1.54) is 11.3 Å². The van der Waals surface area contributed by atoms with Gasteiger partial charge in [-0.2, -0.15) is 4.98 Å². The van der Waals surface area contributed by atoms with E-state index in [4.69, 9.17) is 26.1 Å². The van der Waals surface area contributed by atoms with Crippen LogP contribution in [0.15, 0.2) is 36.5 Å². The Morgan fingerprint density at radius 2 is 2.03 bits per heavy atom. The van der Waals surface area contributed by atoms with Gasteiger partial charge in [-0.25, -0.2) is 9.97 Å². The fraction of sp³-hybridized carbons (Fsp3) is 0.217. The molecule has 6 rings (SSSR count). The number of nitrogens with one attached hydrogen (secondary N) is 2. The standard InChI is InChI=1S/C23H18ClN5O3S/c24-23-27-11-14(12-5-9-31-10-6-12)22(29-23)32-17-4-1-13-15(28-17)2-3-16-18(13)19-20(33-16)21(30)26-8-7-25-19/h1-5,11,25H,6-10H2,(H,26,30). The number of benzene rings is 1. The highest BCUT2D eigenvalue weighted by molar-refractivity contribution is 7.21. The molecule has 1 amide bonds. The van der Waals surface area contributed by atoms with Gasteiger partial charge >= 0.3 is 0 Å². The molecule has 0 spiro atoms. The van der Waals surface area contributed by atoms with Gasteiger partial charge in [0.2, 0.25) is 17.0 Å². The fourth-order valence-electron chi connectivity index (χ4n) is 4.13. The van der Waals surface area contributed by atoms with Crippen LogP contribution in [0.25, 0.3) is 26.6 Å². The van der Waals surface area contributed by atoms with E-state index in [0.29, 0.717) is 42.9 Å². The Bertz CT molecular complexity index is 1450. The highest BCUT2D eigenvalue weighted by Crippen LogP contribution is 2.41. The smallest absolute Gasteiger partial charge is 0.263 e. The number of rotatable bonds is 3. The van der Waals surface area contributed by atoms with E-state index in [9.17, 15) is 4.79 Å². The molecule has 166 valence electrons. The Morgan fingerprint density at radius 3 is 2.91 bits per heavy atom. The first-order valence-corrected chi connectivity index (χ1v) is 11.7. The van der Waals surface area contributed by atoms with Crippen molar-refractivity contribution in [1.29, 1.82) is 0 Å². The number of hydrogen-bond donors (Lipinski definition) is 2. The zero-order valence-corrected chi connectivity index (χ0v) is 18.9. The maximum absolute atomic E-state index is 12.4. The molecule has 0 radical (unpaired) electrons. The third kappa shape index (κ3) is 3.68. The molecule has 2 aliphatic heterocycles. The lowest BCUT2D eigenvalue weighted by atomic mass is 10.0.